The highest BCUT2D eigenvalue weighted by atomic mass is 16.5. The topological polar surface area (TPSA) is 61.2 Å². The van der Waals surface area contributed by atoms with E-state index in [2.05, 4.69) is 4.98 Å². The second-order valence-electron chi connectivity index (χ2n) is 3.87. The van der Waals surface area contributed by atoms with Crippen molar-refractivity contribution in [3.8, 4) is 6.01 Å². The maximum Gasteiger partial charge on any atom is 0.299 e. The lowest BCUT2D eigenvalue weighted by Crippen LogP contribution is -2.23. The molecule has 0 N–H and O–H groups in total. The van der Waals surface area contributed by atoms with Crippen molar-refractivity contribution in [2.75, 3.05) is 7.11 Å². The van der Waals surface area contributed by atoms with E-state index in [1.165, 1.54) is 17.7 Å². The van der Waals surface area contributed by atoms with Gasteiger partial charge in [0.05, 0.1) is 7.11 Å². The van der Waals surface area contributed by atoms with Gasteiger partial charge in [-0.1, -0.05) is 6.92 Å². The molecule has 0 amide bonds. The molecule has 0 aromatic carbocycles. The molecule has 0 saturated carbocycles. The minimum Gasteiger partial charge on any atom is -0.468 e. The van der Waals surface area contributed by atoms with Gasteiger partial charge in [0.2, 0.25) is 0 Å². The van der Waals surface area contributed by atoms with E-state index in [-0.39, 0.29) is 11.3 Å². The summed E-state index contributed by atoms with van der Waals surface area (Å²) in [5.74, 6) is 0.206. The standard InChI is InChI=1S/C12H18N2O3/c1-4-10(15)6-5-7-14-11(16)8-9(2)13-12(14)17-3/h8H,4-7H2,1-3H3. The molecule has 0 fully saturated rings. The highest BCUT2D eigenvalue weighted by Crippen LogP contribution is 2.06. The van der Waals surface area contributed by atoms with Crippen LogP contribution in [0.1, 0.15) is 31.9 Å². The van der Waals surface area contributed by atoms with E-state index in [4.69, 9.17) is 4.74 Å². The number of hydrogen-bond acceptors (Lipinski definition) is 4. The third-order valence-electron chi connectivity index (χ3n) is 2.52. The zero-order valence-electron chi connectivity index (χ0n) is 10.5. The molecule has 0 aliphatic heterocycles. The fraction of sp³-hybridized carbons (Fsp3) is 0.583. The first-order valence-corrected chi connectivity index (χ1v) is 5.72. The first-order chi connectivity index (χ1) is 8.08. The van der Waals surface area contributed by atoms with E-state index in [9.17, 15) is 9.59 Å². The van der Waals surface area contributed by atoms with Gasteiger partial charge in [-0.05, 0) is 13.3 Å². The van der Waals surface area contributed by atoms with E-state index in [1.54, 1.807) is 6.92 Å². The third-order valence-corrected chi connectivity index (χ3v) is 2.52. The number of hydrogen-bond donors (Lipinski definition) is 0. The zero-order chi connectivity index (χ0) is 12.8. The lowest BCUT2D eigenvalue weighted by atomic mass is 10.2. The highest BCUT2D eigenvalue weighted by Gasteiger charge is 2.07. The Hall–Kier alpha value is -1.65. The van der Waals surface area contributed by atoms with Crippen LogP contribution in [-0.4, -0.2) is 22.4 Å². The smallest absolute Gasteiger partial charge is 0.299 e. The number of nitrogens with zero attached hydrogens (tertiary/aromatic N) is 2. The van der Waals surface area contributed by atoms with Crippen molar-refractivity contribution >= 4 is 5.78 Å². The first kappa shape index (κ1) is 13.4. The van der Waals surface area contributed by atoms with Crippen molar-refractivity contribution in [3.63, 3.8) is 0 Å². The number of ketones is 1. The van der Waals surface area contributed by atoms with Gasteiger partial charge < -0.3 is 4.74 Å². The quantitative estimate of drug-likeness (QED) is 0.750. The van der Waals surface area contributed by atoms with Crippen LogP contribution in [0.2, 0.25) is 0 Å². The lowest BCUT2D eigenvalue weighted by molar-refractivity contribution is -0.118. The molecule has 0 aliphatic rings. The van der Waals surface area contributed by atoms with E-state index in [1.807, 2.05) is 6.92 Å². The van der Waals surface area contributed by atoms with Crippen molar-refractivity contribution in [1.29, 1.82) is 0 Å². The van der Waals surface area contributed by atoms with Crippen molar-refractivity contribution in [2.24, 2.45) is 0 Å². The molecule has 5 nitrogen and oxygen atoms in total. The Bertz CT molecular complexity index is 452. The summed E-state index contributed by atoms with van der Waals surface area (Å²) in [5.41, 5.74) is 0.492. The van der Waals surface area contributed by atoms with Gasteiger partial charge in [-0.2, -0.15) is 0 Å². The zero-order valence-corrected chi connectivity index (χ0v) is 10.5. The van der Waals surface area contributed by atoms with Gasteiger partial charge in [0.15, 0.2) is 0 Å². The fourth-order valence-corrected chi connectivity index (χ4v) is 1.57. The van der Waals surface area contributed by atoms with Crippen LogP contribution in [0.4, 0.5) is 0 Å². The number of carbonyl (C=O) groups is 1. The van der Waals surface area contributed by atoms with Crippen LogP contribution in [0.5, 0.6) is 6.01 Å². The summed E-state index contributed by atoms with van der Waals surface area (Å²) in [6.45, 7) is 4.04. The minimum absolute atomic E-state index is 0.140. The summed E-state index contributed by atoms with van der Waals surface area (Å²) in [7, 11) is 1.48. The van der Waals surface area contributed by atoms with Gasteiger partial charge in [0, 0.05) is 31.1 Å². The van der Waals surface area contributed by atoms with Crippen LogP contribution in [-0.2, 0) is 11.3 Å². The fourth-order valence-electron chi connectivity index (χ4n) is 1.57. The second kappa shape index (κ2) is 6.18. The Kier molecular flexibility index (Phi) is 4.87. The van der Waals surface area contributed by atoms with Crippen LogP contribution in [0, 0.1) is 6.92 Å². The Labute approximate surface area is 100 Å². The summed E-state index contributed by atoms with van der Waals surface area (Å²) in [5, 5.41) is 0. The molecule has 0 aliphatic carbocycles. The van der Waals surface area contributed by atoms with Crippen LogP contribution >= 0.6 is 0 Å². The number of ether oxygens (including phenoxy) is 1. The normalized spacial score (nSPS) is 10.3. The second-order valence-corrected chi connectivity index (χ2v) is 3.87. The molecule has 5 heteroatoms. The van der Waals surface area contributed by atoms with E-state index < -0.39 is 0 Å². The number of carbonyl (C=O) groups excluding carboxylic acids is 1. The molecule has 0 bridgehead atoms. The van der Waals surface area contributed by atoms with Crippen molar-refractivity contribution in [1.82, 2.24) is 9.55 Å². The Morgan fingerprint density at radius 1 is 1.53 bits per heavy atom. The average molecular weight is 238 g/mol. The predicted octanol–water partition coefficient (Wildman–Crippen LogP) is 1.32. The van der Waals surface area contributed by atoms with Gasteiger partial charge in [-0.3, -0.25) is 14.2 Å². The number of methoxy groups -OCH3 is 1. The Balaban J connectivity index is 2.76. The number of aryl methyl sites for hydroxylation is 1. The third kappa shape index (κ3) is 3.69. The number of Topliss-reactive ketones (excluding diaryl/α,β-unsaturated/α-hetero) is 1. The maximum absolute atomic E-state index is 11.7. The summed E-state index contributed by atoms with van der Waals surface area (Å²) in [6, 6.07) is 1.77. The molecule has 94 valence electrons. The van der Waals surface area contributed by atoms with Gasteiger partial charge in [-0.15, -0.1) is 0 Å². The molecule has 0 spiro atoms. The molecule has 1 aromatic rings. The largest absolute Gasteiger partial charge is 0.468 e. The lowest BCUT2D eigenvalue weighted by Gasteiger charge is -2.10. The van der Waals surface area contributed by atoms with Crippen LogP contribution in [0.15, 0.2) is 10.9 Å². The number of rotatable bonds is 6. The molecule has 0 saturated heterocycles. The first-order valence-electron chi connectivity index (χ1n) is 5.72. The Morgan fingerprint density at radius 3 is 2.82 bits per heavy atom. The summed E-state index contributed by atoms with van der Waals surface area (Å²) in [6.07, 6.45) is 1.66. The van der Waals surface area contributed by atoms with Crippen LogP contribution < -0.4 is 10.3 Å². The van der Waals surface area contributed by atoms with Gasteiger partial charge in [0.25, 0.3) is 11.6 Å². The monoisotopic (exact) mass is 238 g/mol. The van der Waals surface area contributed by atoms with Crippen molar-refractivity contribution in [2.45, 2.75) is 39.7 Å². The molecule has 0 unspecified atom stereocenters. The molecule has 0 radical (unpaired) electrons. The molecular formula is C12H18N2O3. The average Bonchev–Trinajstić information content (AvgIpc) is 2.30. The maximum atomic E-state index is 11.7. The van der Waals surface area contributed by atoms with Gasteiger partial charge >= 0.3 is 0 Å². The van der Waals surface area contributed by atoms with E-state index >= 15 is 0 Å². The number of aromatic nitrogens is 2. The molecular weight excluding hydrogens is 220 g/mol. The predicted molar refractivity (Wildman–Crippen MR) is 64.3 cm³/mol. The molecule has 1 rings (SSSR count). The van der Waals surface area contributed by atoms with Crippen molar-refractivity contribution in [3.05, 3.63) is 22.1 Å². The van der Waals surface area contributed by atoms with E-state index in [0.717, 1.165) is 0 Å². The molecule has 1 aromatic heterocycles. The Morgan fingerprint density at radius 2 is 2.24 bits per heavy atom. The van der Waals surface area contributed by atoms with Gasteiger partial charge in [0.1, 0.15) is 5.78 Å². The van der Waals surface area contributed by atoms with Crippen molar-refractivity contribution < 1.29 is 9.53 Å². The summed E-state index contributed by atoms with van der Waals surface area (Å²) >= 11 is 0. The summed E-state index contributed by atoms with van der Waals surface area (Å²) < 4.78 is 6.51. The molecule has 1 heterocycles. The van der Waals surface area contributed by atoms with E-state index in [0.29, 0.717) is 37.5 Å². The van der Waals surface area contributed by atoms with Crippen LogP contribution in [0.25, 0.3) is 0 Å². The van der Waals surface area contributed by atoms with Gasteiger partial charge in [-0.25, -0.2) is 4.98 Å². The SMILES string of the molecule is CCC(=O)CCCn1c(OC)nc(C)cc1=O. The minimum atomic E-state index is -0.140. The molecule has 17 heavy (non-hydrogen) atoms. The highest BCUT2D eigenvalue weighted by molar-refractivity contribution is 5.77. The molecule has 0 atom stereocenters. The van der Waals surface area contributed by atoms with Crippen LogP contribution in [0.3, 0.4) is 0 Å². The summed E-state index contributed by atoms with van der Waals surface area (Å²) in [4.78, 5) is 27.0.